The number of halogens is 1. The van der Waals surface area contributed by atoms with E-state index in [4.69, 9.17) is 4.98 Å². The van der Waals surface area contributed by atoms with Crippen molar-refractivity contribution in [3.63, 3.8) is 0 Å². The van der Waals surface area contributed by atoms with Crippen LogP contribution in [0.15, 0.2) is 53.7 Å². The van der Waals surface area contributed by atoms with Crippen LogP contribution in [-0.2, 0) is 10.0 Å². The van der Waals surface area contributed by atoms with Crippen LogP contribution in [-0.4, -0.2) is 47.8 Å². The summed E-state index contributed by atoms with van der Waals surface area (Å²) in [5.41, 5.74) is 1.98. The summed E-state index contributed by atoms with van der Waals surface area (Å²) in [6.07, 6.45) is 4.88. The van der Waals surface area contributed by atoms with Crippen LogP contribution < -0.4 is 5.32 Å². The van der Waals surface area contributed by atoms with Gasteiger partial charge in [-0.05, 0) is 49.6 Å². The lowest BCUT2D eigenvalue weighted by Gasteiger charge is -2.32. The third-order valence-electron chi connectivity index (χ3n) is 5.51. The van der Waals surface area contributed by atoms with Gasteiger partial charge in [-0.2, -0.15) is 4.31 Å². The van der Waals surface area contributed by atoms with E-state index in [2.05, 4.69) is 15.3 Å². The molecule has 31 heavy (non-hydrogen) atoms. The number of pyridine rings is 1. The van der Waals surface area contributed by atoms with Gasteiger partial charge in [-0.1, -0.05) is 6.07 Å². The Balaban J connectivity index is 1.65. The van der Waals surface area contributed by atoms with Crippen molar-refractivity contribution < 1.29 is 12.8 Å². The van der Waals surface area contributed by atoms with Crippen LogP contribution in [0.5, 0.6) is 0 Å². The van der Waals surface area contributed by atoms with Gasteiger partial charge in [0.2, 0.25) is 10.0 Å². The molecule has 1 atom stereocenters. The molecule has 1 unspecified atom stereocenters. The molecule has 0 aliphatic carbocycles. The Bertz CT molecular complexity index is 1190. The molecule has 1 aromatic carbocycles. The fourth-order valence-corrected chi connectivity index (χ4v) is 5.25. The number of aromatic nitrogens is 3. The highest BCUT2D eigenvalue weighted by molar-refractivity contribution is 7.89. The average Bonchev–Trinajstić information content (AvgIpc) is 2.81. The van der Waals surface area contributed by atoms with Crippen molar-refractivity contribution in [3.05, 3.63) is 65.9 Å². The molecule has 4 rings (SSSR count). The fraction of sp³-hybridized carbons (Fsp3) is 0.318. The van der Waals surface area contributed by atoms with Gasteiger partial charge in [-0.15, -0.1) is 0 Å². The van der Waals surface area contributed by atoms with Crippen LogP contribution in [0.4, 0.5) is 10.2 Å². The molecule has 1 aliphatic heterocycles. The third-order valence-corrected chi connectivity index (χ3v) is 7.37. The highest BCUT2D eigenvalue weighted by Gasteiger charge is 2.32. The summed E-state index contributed by atoms with van der Waals surface area (Å²) in [4.78, 5) is 13.3. The van der Waals surface area contributed by atoms with Gasteiger partial charge in [0.25, 0.3) is 0 Å². The largest absolute Gasteiger partial charge is 0.373 e. The highest BCUT2D eigenvalue weighted by Crippen LogP contribution is 2.31. The minimum Gasteiger partial charge on any atom is -0.373 e. The molecular weight excluding hydrogens is 417 g/mol. The minimum atomic E-state index is -3.80. The number of anilines is 1. The molecule has 7 nitrogen and oxygen atoms in total. The standard InChI is InChI=1S/C22H24FN5O2S/c1-15-7-8-18(11-19(15)23)31(29,30)28-10-4-6-17(14-28)20-12-21(24-2)27-22(26-20)16-5-3-9-25-13-16/h3,5,7-9,11-13,17H,4,6,10,14H2,1-2H3,(H,24,26,27). The number of benzene rings is 1. The van der Waals surface area contributed by atoms with Crippen molar-refractivity contribution in [2.75, 3.05) is 25.5 Å². The van der Waals surface area contributed by atoms with Crippen LogP contribution in [0.1, 0.15) is 30.0 Å². The normalized spacial score (nSPS) is 17.5. The Labute approximate surface area is 181 Å². The van der Waals surface area contributed by atoms with E-state index in [1.54, 1.807) is 26.4 Å². The van der Waals surface area contributed by atoms with Gasteiger partial charge in [0.15, 0.2) is 5.82 Å². The summed E-state index contributed by atoms with van der Waals surface area (Å²) in [7, 11) is -2.02. The number of piperidine rings is 1. The maximum atomic E-state index is 14.0. The van der Waals surface area contributed by atoms with E-state index in [1.807, 2.05) is 18.2 Å². The molecule has 3 heterocycles. The van der Waals surface area contributed by atoms with Gasteiger partial charge in [-0.3, -0.25) is 4.98 Å². The molecule has 9 heteroatoms. The molecule has 0 saturated carbocycles. The Morgan fingerprint density at radius 2 is 2.03 bits per heavy atom. The molecule has 0 bridgehead atoms. The number of hydrogen-bond donors (Lipinski definition) is 1. The van der Waals surface area contributed by atoms with Crippen LogP contribution in [0.2, 0.25) is 0 Å². The zero-order valence-corrected chi connectivity index (χ0v) is 18.2. The zero-order chi connectivity index (χ0) is 22.0. The summed E-state index contributed by atoms with van der Waals surface area (Å²) in [5, 5.41) is 3.05. The minimum absolute atomic E-state index is 0.0223. The van der Waals surface area contributed by atoms with Gasteiger partial charge < -0.3 is 5.32 Å². The molecule has 1 saturated heterocycles. The number of hydrogen-bond acceptors (Lipinski definition) is 6. The van der Waals surface area contributed by atoms with Crippen molar-refractivity contribution in [2.24, 2.45) is 0 Å². The first-order valence-electron chi connectivity index (χ1n) is 10.1. The third kappa shape index (κ3) is 4.42. The molecule has 1 N–H and O–H groups in total. The quantitative estimate of drug-likeness (QED) is 0.651. The van der Waals surface area contributed by atoms with Gasteiger partial charge in [0.05, 0.1) is 10.6 Å². The average molecular weight is 442 g/mol. The van der Waals surface area contributed by atoms with Crippen molar-refractivity contribution in [1.82, 2.24) is 19.3 Å². The number of aryl methyl sites for hydroxylation is 1. The second kappa shape index (κ2) is 8.68. The van der Waals surface area contributed by atoms with E-state index in [9.17, 15) is 12.8 Å². The van der Waals surface area contributed by atoms with Crippen molar-refractivity contribution in [2.45, 2.75) is 30.6 Å². The molecule has 2 aromatic heterocycles. The van der Waals surface area contributed by atoms with Gasteiger partial charge >= 0.3 is 0 Å². The van der Waals surface area contributed by atoms with Crippen molar-refractivity contribution >= 4 is 15.8 Å². The Hall–Kier alpha value is -2.91. The van der Waals surface area contributed by atoms with Crippen molar-refractivity contribution in [3.8, 4) is 11.4 Å². The SMILES string of the molecule is CNc1cc(C2CCCN(S(=O)(=O)c3ccc(C)c(F)c3)C2)nc(-c2cccnc2)n1. The van der Waals surface area contributed by atoms with Crippen LogP contribution in [0, 0.1) is 12.7 Å². The first-order valence-corrected chi connectivity index (χ1v) is 11.6. The predicted octanol–water partition coefficient (Wildman–Crippen LogP) is 3.60. The maximum Gasteiger partial charge on any atom is 0.243 e. The van der Waals surface area contributed by atoms with E-state index in [0.29, 0.717) is 30.2 Å². The summed E-state index contributed by atoms with van der Waals surface area (Å²) in [6.45, 7) is 2.29. The molecule has 0 spiro atoms. The highest BCUT2D eigenvalue weighted by atomic mass is 32.2. The van der Waals surface area contributed by atoms with Gasteiger partial charge in [-0.25, -0.2) is 22.8 Å². The lowest BCUT2D eigenvalue weighted by Crippen LogP contribution is -2.39. The summed E-state index contributed by atoms with van der Waals surface area (Å²) in [5.74, 6) is 0.578. The van der Waals surface area contributed by atoms with Crippen LogP contribution in [0.3, 0.4) is 0 Å². The predicted molar refractivity (Wildman–Crippen MR) is 117 cm³/mol. The van der Waals surface area contributed by atoms with Crippen LogP contribution in [0.25, 0.3) is 11.4 Å². The topological polar surface area (TPSA) is 88.1 Å². The lowest BCUT2D eigenvalue weighted by atomic mass is 9.95. The van der Waals surface area contributed by atoms with Crippen LogP contribution >= 0.6 is 0 Å². The fourth-order valence-electron chi connectivity index (χ4n) is 3.71. The number of nitrogens with zero attached hydrogens (tertiary/aromatic N) is 4. The zero-order valence-electron chi connectivity index (χ0n) is 17.4. The van der Waals surface area contributed by atoms with Crippen molar-refractivity contribution in [1.29, 1.82) is 0 Å². The summed E-state index contributed by atoms with van der Waals surface area (Å²) < 4.78 is 41.7. The summed E-state index contributed by atoms with van der Waals surface area (Å²) in [6, 6.07) is 9.61. The molecule has 0 amide bonds. The lowest BCUT2D eigenvalue weighted by molar-refractivity contribution is 0.312. The molecule has 0 radical (unpaired) electrons. The van der Waals surface area contributed by atoms with Gasteiger partial charge in [0.1, 0.15) is 11.6 Å². The number of sulfonamides is 1. The van der Waals surface area contributed by atoms with E-state index in [-0.39, 0.29) is 17.4 Å². The number of rotatable bonds is 5. The van der Waals surface area contributed by atoms with E-state index < -0.39 is 15.8 Å². The Morgan fingerprint density at radius 1 is 1.19 bits per heavy atom. The van der Waals surface area contributed by atoms with Gasteiger partial charge in [0, 0.05) is 50.1 Å². The maximum absolute atomic E-state index is 14.0. The van der Waals surface area contributed by atoms with E-state index >= 15 is 0 Å². The Kier molecular flexibility index (Phi) is 5.97. The second-order valence-electron chi connectivity index (χ2n) is 7.61. The molecule has 3 aromatic rings. The monoisotopic (exact) mass is 441 g/mol. The molecule has 1 fully saturated rings. The second-order valence-corrected chi connectivity index (χ2v) is 9.54. The molecular formula is C22H24FN5O2S. The van der Waals surface area contributed by atoms with E-state index in [0.717, 1.165) is 23.7 Å². The number of nitrogens with one attached hydrogen (secondary N) is 1. The first-order chi connectivity index (χ1) is 14.9. The molecule has 162 valence electrons. The van der Waals surface area contributed by atoms with E-state index in [1.165, 1.54) is 16.4 Å². The smallest absolute Gasteiger partial charge is 0.243 e. The molecule has 1 aliphatic rings. The Morgan fingerprint density at radius 3 is 2.74 bits per heavy atom. The summed E-state index contributed by atoms with van der Waals surface area (Å²) >= 11 is 0. The first kappa shape index (κ1) is 21.3.